The van der Waals surface area contributed by atoms with Gasteiger partial charge < -0.3 is 10.2 Å². The van der Waals surface area contributed by atoms with Gasteiger partial charge in [-0.25, -0.2) is 0 Å². The first-order valence-corrected chi connectivity index (χ1v) is 6.64. The summed E-state index contributed by atoms with van der Waals surface area (Å²) in [6.07, 6.45) is 0.832. The number of carboxylic acid groups (broad SMARTS) is 1. The quantitative estimate of drug-likeness (QED) is 0.852. The fourth-order valence-corrected chi connectivity index (χ4v) is 3.19. The Balaban J connectivity index is 2.04. The minimum atomic E-state index is -0.839. The van der Waals surface area contributed by atoms with Gasteiger partial charge in [0.2, 0.25) is 0 Å². The molecule has 0 bridgehead atoms. The maximum Gasteiger partial charge on any atom is 0.321 e. The van der Waals surface area contributed by atoms with Crippen LogP contribution in [0.15, 0.2) is 12.1 Å². The molecule has 94 valence electrons. The van der Waals surface area contributed by atoms with Gasteiger partial charge in [0.05, 0.1) is 6.10 Å². The van der Waals surface area contributed by atoms with E-state index in [0.29, 0.717) is 19.5 Å². The van der Waals surface area contributed by atoms with E-state index in [1.54, 1.807) is 11.3 Å². The molecule has 2 atom stereocenters. The SMILES string of the molecule is CCc1ccc(CN2CC(O)CC2C(=O)O)s1. The van der Waals surface area contributed by atoms with Gasteiger partial charge in [-0.15, -0.1) is 11.3 Å². The smallest absolute Gasteiger partial charge is 0.321 e. The molecule has 0 radical (unpaired) electrons. The van der Waals surface area contributed by atoms with E-state index in [-0.39, 0.29) is 0 Å². The molecule has 1 saturated heterocycles. The van der Waals surface area contributed by atoms with E-state index in [4.69, 9.17) is 5.11 Å². The van der Waals surface area contributed by atoms with Gasteiger partial charge in [0.1, 0.15) is 6.04 Å². The third-order valence-electron chi connectivity index (χ3n) is 3.09. The van der Waals surface area contributed by atoms with Gasteiger partial charge >= 0.3 is 5.97 Å². The van der Waals surface area contributed by atoms with Crippen LogP contribution in [0.3, 0.4) is 0 Å². The minimum Gasteiger partial charge on any atom is -0.480 e. The highest BCUT2D eigenvalue weighted by Gasteiger charge is 2.35. The molecule has 17 heavy (non-hydrogen) atoms. The summed E-state index contributed by atoms with van der Waals surface area (Å²) < 4.78 is 0. The second-order valence-electron chi connectivity index (χ2n) is 4.39. The molecule has 2 unspecified atom stereocenters. The Hall–Kier alpha value is -0.910. The van der Waals surface area contributed by atoms with E-state index < -0.39 is 18.1 Å². The Morgan fingerprint density at radius 1 is 1.53 bits per heavy atom. The standard InChI is InChI=1S/C12H17NO3S/c1-2-9-3-4-10(17-9)7-13-6-8(14)5-11(13)12(15)16/h3-4,8,11,14H,2,5-7H2,1H3,(H,15,16). The molecule has 0 amide bonds. The van der Waals surface area contributed by atoms with Crippen molar-refractivity contribution in [3.63, 3.8) is 0 Å². The van der Waals surface area contributed by atoms with E-state index in [0.717, 1.165) is 6.42 Å². The minimum absolute atomic E-state index is 0.335. The number of carbonyl (C=O) groups is 1. The normalized spacial score (nSPS) is 25.3. The summed E-state index contributed by atoms with van der Waals surface area (Å²) in [6.45, 7) is 3.18. The van der Waals surface area contributed by atoms with Crippen LogP contribution in [-0.4, -0.2) is 39.8 Å². The van der Waals surface area contributed by atoms with Crippen LogP contribution < -0.4 is 0 Å². The number of aliphatic hydroxyl groups is 1. The van der Waals surface area contributed by atoms with Crippen molar-refractivity contribution in [2.75, 3.05) is 6.54 Å². The van der Waals surface area contributed by atoms with Gasteiger partial charge in [-0.2, -0.15) is 0 Å². The molecule has 1 aromatic heterocycles. The first-order chi connectivity index (χ1) is 8.10. The lowest BCUT2D eigenvalue weighted by atomic mass is 10.2. The highest BCUT2D eigenvalue weighted by atomic mass is 32.1. The summed E-state index contributed by atoms with van der Waals surface area (Å²) in [5, 5.41) is 18.6. The highest BCUT2D eigenvalue weighted by molar-refractivity contribution is 7.11. The van der Waals surface area contributed by atoms with E-state index in [1.165, 1.54) is 9.75 Å². The molecule has 0 spiro atoms. The lowest BCUT2D eigenvalue weighted by molar-refractivity contribution is -0.142. The zero-order chi connectivity index (χ0) is 12.4. The molecule has 4 nitrogen and oxygen atoms in total. The number of aliphatic hydroxyl groups excluding tert-OH is 1. The molecular weight excluding hydrogens is 238 g/mol. The zero-order valence-electron chi connectivity index (χ0n) is 9.80. The number of thiophene rings is 1. The van der Waals surface area contributed by atoms with E-state index in [9.17, 15) is 9.90 Å². The molecule has 5 heteroatoms. The largest absolute Gasteiger partial charge is 0.480 e. The molecule has 1 aliphatic heterocycles. The van der Waals surface area contributed by atoms with Crippen molar-refractivity contribution in [2.24, 2.45) is 0 Å². The van der Waals surface area contributed by atoms with Crippen molar-refractivity contribution in [3.8, 4) is 0 Å². The average molecular weight is 255 g/mol. The topological polar surface area (TPSA) is 60.8 Å². The van der Waals surface area contributed by atoms with E-state index in [1.807, 2.05) is 11.0 Å². The summed E-state index contributed by atoms with van der Waals surface area (Å²) in [5.41, 5.74) is 0. The van der Waals surface area contributed by atoms with Crippen molar-refractivity contribution < 1.29 is 15.0 Å². The Morgan fingerprint density at radius 3 is 2.82 bits per heavy atom. The molecule has 0 saturated carbocycles. The second kappa shape index (κ2) is 5.16. The second-order valence-corrected chi connectivity index (χ2v) is 5.65. The Morgan fingerprint density at radius 2 is 2.24 bits per heavy atom. The maximum atomic E-state index is 11.1. The van der Waals surface area contributed by atoms with Crippen LogP contribution in [0.5, 0.6) is 0 Å². The van der Waals surface area contributed by atoms with E-state index >= 15 is 0 Å². The predicted octanol–water partition coefficient (Wildman–Crippen LogP) is 1.33. The van der Waals surface area contributed by atoms with Gasteiger partial charge in [-0.1, -0.05) is 6.92 Å². The molecule has 2 N–H and O–H groups in total. The van der Waals surface area contributed by atoms with Crippen LogP contribution in [0.2, 0.25) is 0 Å². The maximum absolute atomic E-state index is 11.1. The summed E-state index contributed by atoms with van der Waals surface area (Å²) in [6, 6.07) is 3.59. The molecule has 0 aliphatic carbocycles. The monoisotopic (exact) mass is 255 g/mol. The van der Waals surface area contributed by atoms with Crippen molar-refractivity contribution in [1.29, 1.82) is 0 Å². The zero-order valence-corrected chi connectivity index (χ0v) is 10.6. The van der Waals surface area contributed by atoms with E-state index in [2.05, 4.69) is 13.0 Å². The number of likely N-dealkylation sites (tertiary alicyclic amines) is 1. The third kappa shape index (κ3) is 2.86. The van der Waals surface area contributed by atoms with Gasteiger partial charge in [0.15, 0.2) is 0 Å². The lowest BCUT2D eigenvalue weighted by Gasteiger charge is -2.19. The summed E-state index contributed by atoms with van der Waals surface area (Å²) in [5.74, 6) is -0.839. The van der Waals surface area contributed by atoms with Crippen molar-refractivity contribution in [1.82, 2.24) is 4.90 Å². The molecule has 2 rings (SSSR count). The summed E-state index contributed by atoms with van der Waals surface area (Å²) >= 11 is 1.72. The first kappa shape index (κ1) is 12.5. The van der Waals surface area contributed by atoms with Gasteiger partial charge in [-0.3, -0.25) is 9.69 Å². The molecule has 2 heterocycles. The number of carboxylic acids is 1. The average Bonchev–Trinajstić information content (AvgIpc) is 2.85. The van der Waals surface area contributed by atoms with Crippen LogP contribution in [0.1, 0.15) is 23.1 Å². The number of rotatable bonds is 4. The Bertz CT molecular complexity index is 404. The van der Waals surface area contributed by atoms with Crippen LogP contribution >= 0.6 is 11.3 Å². The Labute approximate surface area is 104 Å². The lowest BCUT2D eigenvalue weighted by Crippen LogP contribution is -2.35. The third-order valence-corrected chi connectivity index (χ3v) is 4.31. The van der Waals surface area contributed by atoms with Crippen LogP contribution in [0, 0.1) is 0 Å². The molecule has 0 aromatic carbocycles. The number of aryl methyl sites for hydroxylation is 1. The fraction of sp³-hybridized carbons (Fsp3) is 0.583. The first-order valence-electron chi connectivity index (χ1n) is 5.82. The molecule has 1 aromatic rings. The predicted molar refractivity (Wildman–Crippen MR) is 66.2 cm³/mol. The van der Waals surface area contributed by atoms with Gasteiger partial charge in [0.25, 0.3) is 0 Å². The molecule has 1 aliphatic rings. The van der Waals surface area contributed by atoms with Crippen LogP contribution in [0.25, 0.3) is 0 Å². The van der Waals surface area contributed by atoms with Crippen molar-refractivity contribution in [3.05, 3.63) is 21.9 Å². The molecule has 1 fully saturated rings. The van der Waals surface area contributed by atoms with Gasteiger partial charge in [-0.05, 0) is 18.6 Å². The number of aliphatic carboxylic acids is 1. The number of hydrogen-bond acceptors (Lipinski definition) is 4. The summed E-state index contributed by atoms with van der Waals surface area (Å²) in [7, 11) is 0. The number of β-amino-alcohol motifs (C(OH)–C–C–N with tert-alkyl or cyclic N) is 1. The Kier molecular flexibility index (Phi) is 3.81. The highest BCUT2D eigenvalue weighted by Crippen LogP contribution is 2.24. The molecular formula is C12H17NO3S. The number of nitrogens with zero attached hydrogens (tertiary/aromatic N) is 1. The van der Waals surface area contributed by atoms with Crippen molar-refractivity contribution in [2.45, 2.75) is 38.5 Å². The van der Waals surface area contributed by atoms with Crippen molar-refractivity contribution >= 4 is 17.3 Å². The summed E-state index contributed by atoms with van der Waals surface area (Å²) in [4.78, 5) is 15.4. The van der Waals surface area contributed by atoms with Gasteiger partial charge in [0, 0.05) is 29.3 Å². The fourth-order valence-electron chi connectivity index (χ4n) is 2.21. The number of hydrogen-bond donors (Lipinski definition) is 2. The van der Waals surface area contributed by atoms with Crippen LogP contribution in [0.4, 0.5) is 0 Å². The van der Waals surface area contributed by atoms with Crippen LogP contribution in [-0.2, 0) is 17.8 Å².